The van der Waals surface area contributed by atoms with Crippen molar-refractivity contribution in [3.63, 3.8) is 0 Å². The van der Waals surface area contributed by atoms with Gasteiger partial charge in [-0.3, -0.25) is 14.7 Å². The largest absolute Gasteiger partial charge is 0.491 e. The zero-order valence-corrected chi connectivity index (χ0v) is 21.4. The van der Waals surface area contributed by atoms with Gasteiger partial charge in [-0.15, -0.1) is 0 Å². The summed E-state index contributed by atoms with van der Waals surface area (Å²) in [4.78, 5) is 27.6. The summed E-state index contributed by atoms with van der Waals surface area (Å²) in [6.45, 7) is 8.27. The molecule has 200 valence electrons. The summed E-state index contributed by atoms with van der Waals surface area (Å²) < 4.78 is 25.8. The maximum absolute atomic E-state index is 14.3. The van der Waals surface area contributed by atoms with Crippen LogP contribution in [0.15, 0.2) is 73.8 Å². The van der Waals surface area contributed by atoms with Gasteiger partial charge in [-0.2, -0.15) is 0 Å². The number of nitrogens with zero attached hydrogens (tertiary/aromatic N) is 4. The molecule has 2 aromatic carbocycles. The zero-order chi connectivity index (χ0) is 27.0. The van der Waals surface area contributed by atoms with Gasteiger partial charge in [-0.05, 0) is 30.7 Å². The summed E-state index contributed by atoms with van der Waals surface area (Å²) in [7, 11) is 0. The van der Waals surface area contributed by atoms with Crippen molar-refractivity contribution in [2.45, 2.75) is 6.42 Å². The van der Waals surface area contributed by atoms with Crippen molar-refractivity contribution in [3.8, 4) is 16.9 Å². The molecule has 1 saturated heterocycles. The minimum atomic E-state index is -0.360. The molecule has 5 rings (SSSR count). The van der Waals surface area contributed by atoms with Crippen LogP contribution in [0.1, 0.15) is 6.42 Å². The van der Waals surface area contributed by atoms with Gasteiger partial charge >= 0.3 is 0 Å². The second-order valence-electron chi connectivity index (χ2n) is 9.00. The van der Waals surface area contributed by atoms with Crippen LogP contribution in [-0.2, 0) is 9.53 Å². The molecule has 3 heterocycles. The Balaban J connectivity index is 1.39. The average Bonchev–Trinajstić information content (AvgIpc) is 2.96. The van der Waals surface area contributed by atoms with Crippen molar-refractivity contribution in [3.05, 3.63) is 79.7 Å². The first kappa shape index (κ1) is 26.2. The van der Waals surface area contributed by atoms with Crippen molar-refractivity contribution < 1.29 is 18.7 Å². The van der Waals surface area contributed by atoms with E-state index in [-0.39, 0.29) is 11.7 Å². The number of fused-ring (bicyclic) bond motifs is 1. The number of anilines is 3. The van der Waals surface area contributed by atoms with Crippen LogP contribution in [-0.4, -0.2) is 65.2 Å². The monoisotopic (exact) mass is 528 g/mol. The van der Waals surface area contributed by atoms with Crippen molar-refractivity contribution in [2.75, 3.05) is 50.1 Å². The highest BCUT2D eigenvalue weighted by molar-refractivity contribution is 6.03. The van der Waals surface area contributed by atoms with Gasteiger partial charge in [-0.25, -0.2) is 14.4 Å². The zero-order valence-electron chi connectivity index (χ0n) is 21.4. The summed E-state index contributed by atoms with van der Waals surface area (Å²) >= 11 is 0. The van der Waals surface area contributed by atoms with Crippen LogP contribution in [0.2, 0.25) is 0 Å². The summed E-state index contributed by atoms with van der Waals surface area (Å²) in [5.41, 5.74) is 2.81. The molecule has 0 radical (unpaired) electrons. The first-order valence-corrected chi connectivity index (χ1v) is 12.7. The van der Waals surface area contributed by atoms with Crippen molar-refractivity contribution in [1.82, 2.24) is 19.9 Å². The topological polar surface area (TPSA) is 102 Å². The second kappa shape index (κ2) is 12.4. The lowest BCUT2D eigenvalue weighted by Gasteiger charge is -2.26. The van der Waals surface area contributed by atoms with E-state index >= 15 is 0 Å². The first-order chi connectivity index (χ1) is 19.1. The van der Waals surface area contributed by atoms with Crippen LogP contribution >= 0.6 is 0 Å². The number of pyridine rings is 1. The van der Waals surface area contributed by atoms with Gasteiger partial charge in [0.25, 0.3) is 0 Å². The third kappa shape index (κ3) is 6.54. The molecular formula is C29H29FN6O3. The highest BCUT2D eigenvalue weighted by atomic mass is 19.1. The van der Waals surface area contributed by atoms with E-state index in [0.717, 1.165) is 39.3 Å². The molecule has 4 aromatic rings. The number of morpholine rings is 1. The SMILES string of the molecule is C=CC(=O)Nc1cc2c(Nc3cncc(-c4ccccc4F)c3)ncnc2cc1OCCCN1CCOCC1. The number of halogens is 1. The Kier molecular flexibility index (Phi) is 8.35. The Bertz CT molecular complexity index is 1470. The minimum absolute atomic E-state index is 0.330. The van der Waals surface area contributed by atoms with E-state index in [1.54, 1.807) is 48.8 Å². The molecular weight excluding hydrogens is 499 g/mol. The molecule has 1 fully saturated rings. The molecule has 9 nitrogen and oxygen atoms in total. The molecule has 1 amide bonds. The van der Waals surface area contributed by atoms with Gasteiger partial charge in [0.1, 0.15) is 23.7 Å². The van der Waals surface area contributed by atoms with Crippen molar-refractivity contribution >= 4 is 34.0 Å². The van der Waals surface area contributed by atoms with E-state index in [1.165, 1.54) is 18.5 Å². The molecule has 0 bridgehead atoms. The Hall–Kier alpha value is -4.41. The van der Waals surface area contributed by atoms with E-state index in [1.807, 2.05) is 0 Å². The third-order valence-electron chi connectivity index (χ3n) is 6.35. The fourth-order valence-electron chi connectivity index (χ4n) is 4.37. The van der Waals surface area contributed by atoms with Crippen LogP contribution in [0.4, 0.5) is 21.6 Å². The molecule has 1 aliphatic rings. The Morgan fingerprint density at radius 1 is 1.15 bits per heavy atom. The first-order valence-electron chi connectivity index (χ1n) is 12.7. The lowest BCUT2D eigenvalue weighted by atomic mass is 10.1. The average molecular weight is 529 g/mol. The molecule has 0 spiro atoms. The molecule has 0 aliphatic carbocycles. The molecule has 0 saturated carbocycles. The number of hydrogen-bond acceptors (Lipinski definition) is 8. The number of rotatable bonds is 10. The molecule has 0 unspecified atom stereocenters. The Labute approximate surface area is 225 Å². The van der Waals surface area contributed by atoms with Crippen LogP contribution in [0, 0.1) is 5.82 Å². The number of hydrogen-bond donors (Lipinski definition) is 2. The van der Waals surface area contributed by atoms with E-state index < -0.39 is 0 Å². The van der Waals surface area contributed by atoms with Crippen LogP contribution in [0.25, 0.3) is 22.0 Å². The van der Waals surface area contributed by atoms with Crippen molar-refractivity contribution in [1.29, 1.82) is 0 Å². The molecule has 39 heavy (non-hydrogen) atoms. The molecule has 2 N–H and O–H groups in total. The third-order valence-corrected chi connectivity index (χ3v) is 6.35. The van der Waals surface area contributed by atoms with Gasteiger partial charge in [0.2, 0.25) is 5.91 Å². The number of ether oxygens (including phenoxy) is 2. The number of aromatic nitrogens is 3. The number of carbonyl (C=O) groups is 1. The van der Waals surface area contributed by atoms with Gasteiger partial charge in [0, 0.05) is 48.4 Å². The van der Waals surface area contributed by atoms with E-state index in [9.17, 15) is 9.18 Å². The van der Waals surface area contributed by atoms with Crippen molar-refractivity contribution in [2.24, 2.45) is 0 Å². The minimum Gasteiger partial charge on any atom is -0.491 e. The highest BCUT2D eigenvalue weighted by Crippen LogP contribution is 2.34. The summed E-state index contributed by atoms with van der Waals surface area (Å²) in [5.74, 6) is 0.317. The number of carbonyl (C=O) groups excluding carboxylic acids is 1. The summed E-state index contributed by atoms with van der Waals surface area (Å²) in [6.07, 6.45) is 6.71. The van der Waals surface area contributed by atoms with E-state index in [0.29, 0.717) is 51.6 Å². The quantitative estimate of drug-likeness (QED) is 0.224. The van der Waals surface area contributed by atoms with Crippen LogP contribution < -0.4 is 15.4 Å². The van der Waals surface area contributed by atoms with Gasteiger partial charge < -0.3 is 20.1 Å². The highest BCUT2D eigenvalue weighted by Gasteiger charge is 2.15. The van der Waals surface area contributed by atoms with Gasteiger partial charge in [0.15, 0.2) is 0 Å². The fraction of sp³-hybridized carbons (Fsp3) is 0.241. The summed E-state index contributed by atoms with van der Waals surface area (Å²) in [6, 6.07) is 11.9. The molecule has 1 aliphatic heterocycles. The fourth-order valence-corrected chi connectivity index (χ4v) is 4.37. The normalized spacial score (nSPS) is 13.7. The molecule has 2 aromatic heterocycles. The van der Waals surface area contributed by atoms with Gasteiger partial charge in [-0.1, -0.05) is 24.8 Å². The van der Waals surface area contributed by atoms with Gasteiger partial charge in [0.05, 0.1) is 42.9 Å². The predicted octanol–water partition coefficient (Wildman–Crippen LogP) is 4.80. The van der Waals surface area contributed by atoms with Crippen LogP contribution in [0.5, 0.6) is 5.75 Å². The number of nitrogens with one attached hydrogen (secondary N) is 2. The summed E-state index contributed by atoms with van der Waals surface area (Å²) in [5, 5.41) is 6.74. The Morgan fingerprint density at radius 3 is 2.82 bits per heavy atom. The maximum Gasteiger partial charge on any atom is 0.247 e. The lowest BCUT2D eigenvalue weighted by Crippen LogP contribution is -2.37. The lowest BCUT2D eigenvalue weighted by molar-refractivity contribution is -0.111. The number of amides is 1. The second-order valence-corrected chi connectivity index (χ2v) is 9.00. The van der Waals surface area contributed by atoms with E-state index in [4.69, 9.17) is 9.47 Å². The smallest absolute Gasteiger partial charge is 0.247 e. The standard InChI is InChI=1S/C29H29FN6O3/c1-2-28(37)35-26-15-23-25(16-27(26)39-11-5-8-36-9-12-38-13-10-36)32-19-33-29(23)34-21-14-20(17-31-18-21)22-6-3-4-7-24(22)30/h2-4,6-7,14-19H,1,5,8-13H2,(H,35,37)(H,32,33,34). The number of benzene rings is 2. The predicted molar refractivity (Wildman–Crippen MR) is 149 cm³/mol. The molecule has 0 atom stereocenters. The van der Waals surface area contributed by atoms with E-state index in [2.05, 4.69) is 37.1 Å². The maximum atomic E-state index is 14.3. The Morgan fingerprint density at radius 2 is 2.00 bits per heavy atom. The molecule has 10 heteroatoms. The van der Waals surface area contributed by atoms with Crippen LogP contribution in [0.3, 0.4) is 0 Å².